The Hall–Kier alpha value is -0.300. The van der Waals surface area contributed by atoms with Gasteiger partial charge < -0.3 is 0 Å². The molecule has 1 heterocycles. The number of allylic oxidation sites excluding steroid dienone is 1. The van der Waals surface area contributed by atoms with Gasteiger partial charge in [0.15, 0.2) is 0 Å². The lowest BCUT2D eigenvalue weighted by Gasteiger charge is -2.46. The van der Waals surface area contributed by atoms with E-state index in [0.29, 0.717) is 0 Å². The van der Waals surface area contributed by atoms with Gasteiger partial charge in [0.2, 0.25) is 0 Å². The van der Waals surface area contributed by atoms with Crippen LogP contribution in [0.3, 0.4) is 0 Å². The standard InChI is InChI=1S/C26H43N/c1-2-19-14-16-20(17-15-19)21-8-7-9-22(18-21)27-25-12-5-3-10-23(25)24-11-4-6-13-26(24)27/h2,19-26H,1,3-18H2. The van der Waals surface area contributed by atoms with E-state index in [1.807, 2.05) is 0 Å². The van der Waals surface area contributed by atoms with Crippen molar-refractivity contribution in [2.75, 3.05) is 0 Å². The fourth-order valence-electron chi connectivity index (χ4n) is 8.56. The highest BCUT2D eigenvalue weighted by Crippen LogP contribution is 2.52. The third kappa shape index (κ3) is 3.56. The third-order valence-corrected chi connectivity index (χ3v) is 9.80. The Bertz CT molecular complexity index is 482. The van der Waals surface area contributed by atoms with Gasteiger partial charge in [-0.25, -0.2) is 0 Å². The second-order valence-electron chi connectivity index (χ2n) is 11.0. The average molecular weight is 370 g/mol. The van der Waals surface area contributed by atoms with Crippen LogP contribution in [0.2, 0.25) is 0 Å². The van der Waals surface area contributed by atoms with Crippen LogP contribution in [0.4, 0.5) is 0 Å². The van der Waals surface area contributed by atoms with Crippen LogP contribution >= 0.6 is 0 Å². The molecule has 5 fully saturated rings. The summed E-state index contributed by atoms with van der Waals surface area (Å²) in [7, 11) is 0. The molecule has 0 spiro atoms. The summed E-state index contributed by atoms with van der Waals surface area (Å²) in [5.74, 6) is 5.06. The first-order valence-corrected chi connectivity index (χ1v) is 12.7. The molecule has 0 aromatic carbocycles. The van der Waals surface area contributed by atoms with E-state index in [-0.39, 0.29) is 0 Å². The molecule has 0 aromatic rings. The number of fused-ring (bicyclic) bond motifs is 3. The predicted octanol–water partition coefficient (Wildman–Crippen LogP) is 6.97. The minimum Gasteiger partial charge on any atom is -0.294 e. The van der Waals surface area contributed by atoms with E-state index in [0.717, 1.165) is 47.7 Å². The van der Waals surface area contributed by atoms with Crippen molar-refractivity contribution in [3.05, 3.63) is 12.7 Å². The van der Waals surface area contributed by atoms with Crippen molar-refractivity contribution < 1.29 is 0 Å². The molecule has 0 amide bonds. The normalized spacial score (nSPS) is 48.6. The minimum atomic E-state index is 0.824. The van der Waals surface area contributed by atoms with E-state index in [1.54, 1.807) is 19.3 Å². The molecule has 6 atom stereocenters. The molecule has 152 valence electrons. The molecule has 4 aliphatic carbocycles. The summed E-state index contributed by atoms with van der Waals surface area (Å²) in [6, 6.07) is 2.90. The Morgan fingerprint density at radius 2 is 1.22 bits per heavy atom. The van der Waals surface area contributed by atoms with Gasteiger partial charge in [0.25, 0.3) is 0 Å². The Morgan fingerprint density at radius 1 is 0.593 bits per heavy atom. The first kappa shape index (κ1) is 18.7. The van der Waals surface area contributed by atoms with E-state index in [9.17, 15) is 0 Å². The molecular formula is C26H43N. The van der Waals surface area contributed by atoms with Crippen LogP contribution in [0.1, 0.15) is 103 Å². The number of hydrogen-bond acceptors (Lipinski definition) is 1. The topological polar surface area (TPSA) is 3.24 Å². The highest BCUT2D eigenvalue weighted by Gasteiger charge is 2.52. The van der Waals surface area contributed by atoms with Gasteiger partial charge in [-0.05, 0) is 93.8 Å². The van der Waals surface area contributed by atoms with Crippen LogP contribution in [0.15, 0.2) is 12.7 Å². The lowest BCUT2D eigenvalue weighted by atomic mass is 9.69. The van der Waals surface area contributed by atoms with E-state index in [2.05, 4.69) is 17.6 Å². The molecule has 5 rings (SSSR count). The van der Waals surface area contributed by atoms with Crippen molar-refractivity contribution in [1.82, 2.24) is 4.90 Å². The Labute approximate surface area is 168 Å². The molecule has 0 radical (unpaired) electrons. The summed E-state index contributed by atoms with van der Waals surface area (Å²) in [6.45, 7) is 4.06. The number of likely N-dealkylation sites (tertiary alicyclic amines) is 1. The molecule has 4 saturated carbocycles. The Morgan fingerprint density at radius 3 is 1.85 bits per heavy atom. The zero-order chi connectivity index (χ0) is 18.2. The fraction of sp³-hybridized carbons (Fsp3) is 0.923. The van der Waals surface area contributed by atoms with Gasteiger partial charge in [0.1, 0.15) is 0 Å². The molecule has 6 unspecified atom stereocenters. The Kier molecular flexibility index (Phi) is 5.69. The van der Waals surface area contributed by atoms with Gasteiger partial charge in [-0.1, -0.05) is 44.6 Å². The van der Waals surface area contributed by atoms with Crippen LogP contribution < -0.4 is 0 Å². The summed E-state index contributed by atoms with van der Waals surface area (Å²) in [6.07, 6.45) is 26.4. The largest absolute Gasteiger partial charge is 0.294 e. The minimum absolute atomic E-state index is 0.824. The molecule has 1 heteroatoms. The maximum absolute atomic E-state index is 4.06. The highest BCUT2D eigenvalue weighted by molar-refractivity contribution is 5.05. The van der Waals surface area contributed by atoms with Gasteiger partial charge in [0, 0.05) is 18.1 Å². The zero-order valence-corrected chi connectivity index (χ0v) is 17.7. The summed E-state index contributed by atoms with van der Waals surface area (Å²) in [5.41, 5.74) is 0. The van der Waals surface area contributed by atoms with Gasteiger partial charge in [-0.2, -0.15) is 0 Å². The van der Waals surface area contributed by atoms with Gasteiger partial charge in [-0.3, -0.25) is 4.90 Å². The molecule has 0 bridgehead atoms. The summed E-state index contributed by atoms with van der Waals surface area (Å²) < 4.78 is 0. The molecule has 5 aliphatic rings. The highest BCUT2D eigenvalue weighted by atomic mass is 15.3. The number of rotatable bonds is 3. The van der Waals surface area contributed by atoms with Crippen molar-refractivity contribution >= 4 is 0 Å². The second-order valence-corrected chi connectivity index (χ2v) is 11.0. The first-order chi connectivity index (χ1) is 13.3. The summed E-state index contributed by atoms with van der Waals surface area (Å²) >= 11 is 0. The third-order valence-electron chi connectivity index (χ3n) is 9.80. The maximum atomic E-state index is 4.06. The number of hydrogen-bond donors (Lipinski definition) is 0. The van der Waals surface area contributed by atoms with E-state index < -0.39 is 0 Å². The molecule has 0 N–H and O–H groups in total. The van der Waals surface area contributed by atoms with Gasteiger partial charge in [-0.15, -0.1) is 6.58 Å². The monoisotopic (exact) mass is 369 g/mol. The van der Waals surface area contributed by atoms with Gasteiger partial charge >= 0.3 is 0 Å². The lowest BCUT2D eigenvalue weighted by molar-refractivity contribution is 0.0355. The average Bonchev–Trinajstić information content (AvgIpc) is 3.08. The SMILES string of the molecule is C=CC1CCC(C2CCCC(N3C4CCCCC4C4CCCCC43)C2)CC1. The molecule has 1 saturated heterocycles. The van der Waals surface area contributed by atoms with Crippen LogP contribution in [0.5, 0.6) is 0 Å². The molecule has 1 nitrogen and oxygen atoms in total. The zero-order valence-electron chi connectivity index (χ0n) is 17.7. The van der Waals surface area contributed by atoms with Crippen LogP contribution in [0.25, 0.3) is 0 Å². The molecule has 27 heavy (non-hydrogen) atoms. The molecular weight excluding hydrogens is 326 g/mol. The van der Waals surface area contributed by atoms with Crippen molar-refractivity contribution in [3.63, 3.8) is 0 Å². The number of nitrogens with zero attached hydrogens (tertiary/aromatic N) is 1. The lowest BCUT2D eigenvalue weighted by Crippen LogP contribution is -2.49. The molecule has 0 aromatic heterocycles. The van der Waals surface area contributed by atoms with Crippen LogP contribution in [0, 0.1) is 29.6 Å². The summed E-state index contributed by atoms with van der Waals surface area (Å²) in [5, 5.41) is 0. The Balaban J connectivity index is 1.29. The van der Waals surface area contributed by atoms with Gasteiger partial charge in [0.05, 0.1) is 0 Å². The van der Waals surface area contributed by atoms with Crippen LogP contribution in [-0.2, 0) is 0 Å². The summed E-state index contributed by atoms with van der Waals surface area (Å²) in [4.78, 5) is 3.20. The van der Waals surface area contributed by atoms with Crippen molar-refractivity contribution in [2.45, 2.75) is 121 Å². The van der Waals surface area contributed by atoms with E-state index >= 15 is 0 Å². The van der Waals surface area contributed by atoms with Crippen molar-refractivity contribution in [3.8, 4) is 0 Å². The van der Waals surface area contributed by atoms with E-state index in [1.165, 1.54) is 83.5 Å². The maximum Gasteiger partial charge on any atom is 0.0133 e. The fourth-order valence-corrected chi connectivity index (χ4v) is 8.56. The van der Waals surface area contributed by atoms with Crippen molar-refractivity contribution in [2.24, 2.45) is 29.6 Å². The molecule has 1 aliphatic heterocycles. The quantitative estimate of drug-likeness (QED) is 0.485. The predicted molar refractivity (Wildman–Crippen MR) is 115 cm³/mol. The smallest absolute Gasteiger partial charge is 0.0133 e. The first-order valence-electron chi connectivity index (χ1n) is 12.7. The van der Waals surface area contributed by atoms with Crippen molar-refractivity contribution in [1.29, 1.82) is 0 Å². The second kappa shape index (κ2) is 8.21. The van der Waals surface area contributed by atoms with Crippen LogP contribution in [-0.4, -0.2) is 23.0 Å². The van der Waals surface area contributed by atoms with E-state index in [4.69, 9.17) is 0 Å².